The Morgan fingerprint density at radius 1 is 1.17 bits per heavy atom. The van der Waals surface area contributed by atoms with Crippen molar-refractivity contribution in [2.24, 2.45) is 0 Å². The molecule has 1 amide bonds. The molecule has 0 spiro atoms. The molecule has 1 aromatic heterocycles. The smallest absolute Gasteiger partial charge is 0.251 e. The Hall–Kier alpha value is -2.61. The summed E-state index contributed by atoms with van der Waals surface area (Å²) in [5, 5.41) is 2.83. The van der Waals surface area contributed by atoms with Gasteiger partial charge in [0.2, 0.25) is 10.0 Å². The SMILES string of the molecule is CN(C)c1ncccc1CNC(=O)c1ccc(NS(C)(=O)=O)cc1. The van der Waals surface area contributed by atoms with Gasteiger partial charge in [-0.25, -0.2) is 13.4 Å². The van der Waals surface area contributed by atoms with Crippen LogP contribution in [0.25, 0.3) is 0 Å². The first-order chi connectivity index (χ1) is 11.3. The van der Waals surface area contributed by atoms with Gasteiger partial charge in [-0.05, 0) is 30.3 Å². The molecule has 0 aliphatic heterocycles. The molecule has 1 aromatic carbocycles. The Bertz CT molecular complexity index is 817. The standard InChI is InChI=1S/C16H20N4O3S/c1-20(2)15-13(5-4-10-17-15)11-18-16(21)12-6-8-14(9-7-12)19-24(3,22)23/h4-10,19H,11H2,1-3H3,(H,18,21). The summed E-state index contributed by atoms with van der Waals surface area (Å²) in [7, 11) is 0.448. The highest BCUT2D eigenvalue weighted by Gasteiger charge is 2.09. The van der Waals surface area contributed by atoms with Gasteiger partial charge in [0.05, 0.1) is 6.26 Å². The van der Waals surface area contributed by atoms with E-state index in [1.807, 2.05) is 31.1 Å². The van der Waals surface area contributed by atoms with Crippen LogP contribution in [0.5, 0.6) is 0 Å². The number of sulfonamides is 1. The largest absolute Gasteiger partial charge is 0.362 e. The number of hydrogen-bond donors (Lipinski definition) is 2. The molecular weight excluding hydrogens is 328 g/mol. The second-order valence-corrected chi connectivity index (χ2v) is 7.26. The third kappa shape index (κ3) is 4.95. The number of pyridine rings is 1. The fourth-order valence-electron chi connectivity index (χ4n) is 2.15. The molecule has 2 N–H and O–H groups in total. The lowest BCUT2D eigenvalue weighted by Gasteiger charge is -2.16. The molecule has 0 radical (unpaired) electrons. The van der Waals surface area contributed by atoms with Gasteiger partial charge in [-0.1, -0.05) is 6.07 Å². The number of nitrogens with zero attached hydrogens (tertiary/aromatic N) is 2. The van der Waals surface area contributed by atoms with Crippen molar-refractivity contribution in [3.8, 4) is 0 Å². The van der Waals surface area contributed by atoms with E-state index in [9.17, 15) is 13.2 Å². The molecule has 0 atom stereocenters. The van der Waals surface area contributed by atoms with Crippen molar-refractivity contribution >= 4 is 27.4 Å². The fourth-order valence-corrected chi connectivity index (χ4v) is 2.72. The van der Waals surface area contributed by atoms with Crippen molar-refractivity contribution in [1.29, 1.82) is 0 Å². The number of aromatic nitrogens is 1. The molecule has 0 aliphatic carbocycles. The van der Waals surface area contributed by atoms with Gasteiger partial charge >= 0.3 is 0 Å². The number of carbonyl (C=O) groups excluding carboxylic acids is 1. The van der Waals surface area contributed by atoms with E-state index in [0.717, 1.165) is 17.6 Å². The third-order valence-electron chi connectivity index (χ3n) is 3.18. The van der Waals surface area contributed by atoms with Gasteiger partial charge in [0.15, 0.2) is 0 Å². The number of hydrogen-bond acceptors (Lipinski definition) is 5. The molecule has 8 heteroatoms. The van der Waals surface area contributed by atoms with Crippen molar-refractivity contribution in [3.05, 3.63) is 53.7 Å². The molecule has 0 unspecified atom stereocenters. The van der Waals surface area contributed by atoms with Crippen LogP contribution in [0.15, 0.2) is 42.6 Å². The minimum Gasteiger partial charge on any atom is -0.362 e. The van der Waals surface area contributed by atoms with E-state index >= 15 is 0 Å². The molecule has 1 heterocycles. The van der Waals surface area contributed by atoms with Crippen molar-refractivity contribution in [1.82, 2.24) is 10.3 Å². The number of carbonyl (C=O) groups is 1. The number of anilines is 2. The molecule has 7 nitrogen and oxygen atoms in total. The zero-order valence-corrected chi connectivity index (χ0v) is 14.6. The summed E-state index contributed by atoms with van der Waals surface area (Å²) in [5.74, 6) is 0.556. The van der Waals surface area contributed by atoms with Crippen LogP contribution in [0.3, 0.4) is 0 Å². The van der Waals surface area contributed by atoms with Gasteiger partial charge in [0.1, 0.15) is 5.82 Å². The summed E-state index contributed by atoms with van der Waals surface area (Å²) < 4.78 is 24.7. The highest BCUT2D eigenvalue weighted by molar-refractivity contribution is 7.92. The molecule has 0 saturated carbocycles. The van der Waals surface area contributed by atoms with Crippen LogP contribution in [0, 0.1) is 0 Å². The van der Waals surface area contributed by atoms with Gasteiger partial charge in [0.25, 0.3) is 5.91 Å². The van der Waals surface area contributed by atoms with Gasteiger partial charge in [-0.2, -0.15) is 0 Å². The Balaban J connectivity index is 2.03. The van der Waals surface area contributed by atoms with Crippen LogP contribution in [-0.4, -0.2) is 39.7 Å². The molecule has 0 saturated heterocycles. The predicted molar refractivity (Wildman–Crippen MR) is 94.6 cm³/mol. The fraction of sp³-hybridized carbons (Fsp3) is 0.250. The second-order valence-electron chi connectivity index (χ2n) is 5.51. The Morgan fingerprint density at radius 2 is 1.83 bits per heavy atom. The lowest BCUT2D eigenvalue weighted by molar-refractivity contribution is 0.0951. The zero-order chi connectivity index (χ0) is 17.7. The summed E-state index contributed by atoms with van der Waals surface area (Å²) in [6.07, 6.45) is 2.78. The molecule has 0 fully saturated rings. The lowest BCUT2D eigenvalue weighted by atomic mass is 10.2. The average Bonchev–Trinajstić information content (AvgIpc) is 2.52. The minimum absolute atomic E-state index is 0.241. The highest BCUT2D eigenvalue weighted by Crippen LogP contribution is 2.15. The normalized spacial score (nSPS) is 11.0. The number of rotatable bonds is 6. The number of nitrogens with one attached hydrogen (secondary N) is 2. The monoisotopic (exact) mass is 348 g/mol. The zero-order valence-electron chi connectivity index (χ0n) is 13.8. The first kappa shape index (κ1) is 17.7. The predicted octanol–water partition coefficient (Wildman–Crippen LogP) is 1.45. The number of benzene rings is 1. The van der Waals surface area contributed by atoms with E-state index < -0.39 is 10.0 Å². The van der Waals surface area contributed by atoms with E-state index in [2.05, 4.69) is 15.0 Å². The van der Waals surface area contributed by atoms with Crippen molar-refractivity contribution < 1.29 is 13.2 Å². The quantitative estimate of drug-likeness (QED) is 0.824. The summed E-state index contributed by atoms with van der Waals surface area (Å²) in [5.41, 5.74) is 1.77. The van der Waals surface area contributed by atoms with Crippen LogP contribution in [0.1, 0.15) is 15.9 Å². The van der Waals surface area contributed by atoms with E-state index in [4.69, 9.17) is 0 Å². The first-order valence-corrected chi connectivity index (χ1v) is 9.12. The van der Waals surface area contributed by atoms with Crippen LogP contribution < -0.4 is 14.9 Å². The van der Waals surface area contributed by atoms with E-state index in [-0.39, 0.29) is 5.91 Å². The van der Waals surface area contributed by atoms with Gasteiger partial charge < -0.3 is 10.2 Å². The van der Waals surface area contributed by atoms with E-state index in [1.165, 1.54) is 0 Å². The van der Waals surface area contributed by atoms with E-state index in [0.29, 0.717) is 17.8 Å². The molecule has 24 heavy (non-hydrogen) atoms. The van der Waals surface area contributed by atoms with Gasteiger partial charge in [-0.3, -0.25) is 9.52 Å². The molecule has 2 rings (SSSR count). The van der Waals surface area contributed by atoms with Crippen molar-refractivity contribution in [2.75, 3.05) is 30.0 Å². The molecular formula is C16H20N4O3S. The van der Waals surface area contributed by atoms with Gasteiger partial charge in [0, 0.05) is 43.7 Å². The maximum absolute atomic E-state index is 12.2. The third-order valence-corrected chi connectivity index (χ3v) is 3.79. The molecule has 0 aliphatic rings. The number of amides is 1. The van der Waals surface area contributed by atoms with Crippen LogP contribution in [0.4, 0.5) is 11.5 Å². The van der Waals surface area contributed by atoms with E-state index in [1.54, 1.807) is 30.5 Å². The Morgan fingerprint density at radius 3 is 2.42 bits per heavy atom. The Labute approximate surface area is 141 Å². The van der Waals surface area contributed by atoms with Crippen molar-refractivity contribution in [3.63, 3.8) is 0 Å². The lowest BCUT2D eigenvalue weighted by Crippen LogP contribution is -2.24. The summed E-state index contributed by atoms with van der Waals surface area (Å²) in [6.45, 7) is 0.351. The van der Waals surface area contributed by atoms with Gasteiger partial charge in [-0.15, -0.1) is 0 Å². The summed E-state index contributed by atoms with van der Waals surface area (Å²) >= 11 is 0. The van der Waals surface area contributed by atoms with Crippen LogP contribution in [0.2, 0.25) is 0 Å². The minimum atomic E-state index is -3.33. The maximum atomic E-state index is 12.2. The average molecular weight is 348 g/mol. The van der Waals surface area contributed by atoms with Crippen molar-refractivity contribution in [2.45, 2.75) is 6.54 Å². The first-order valence-electron chi connectivity index (χ1n) is 7.23. The van der Waals surface area contributed by atoms with Crippen LogP contribution in [-0.2, 0) is 16.6 Å². The topological polar surface area (TPSA) is 91.4 Å². The highest BCUT2D eigenvalue weighted by atomic mass is 32.2. The summed E-state index contributed by atoms with van der Waals surface area (Å²) in [4.78, 5) is 18.4. The maximum Gasteiger partial charge on any atom is 0.251 e. The second kappa shape index (κ2) is 7.31. The van der Waals surface area contributed by atoms with Crippen LogP contribution >= 0.6 is 0 Å². The molecule has 128 valence electrons. The summed E-state index contributed by atoms with van der Waals surface area (Å²) in [6, 6.07) is 9.95. The molecule has 2 aromatic rings. The Kier molecular flexibility index (Phi) is 5.40. The molecule has 0 bridgehead atoms.